The number of hydrogen-bond donors (Lipinski definition) is 3. The van der Waals surface area contributed by atoms with Crippen molar-refractivity contribution in [1.29, 1.82) is 0 Å². The summed E-state index contributed by atoms with van der Waals surface area (Å²) in [6.45, 7) is 0.326. The van der Waals surface area contributed by atoms with E-state index in [0.29, 0.717) is 22.9 Å². The quantitative estimate of drug-likeness (QED) is 0.637. The zero-order valence-electron chi connectivity index (χ0n) is 13.5. The van der Waals surface area contributed by atoms with E-state index in [1.54, 1.807) is 36.4 Å². The van der Waals surface area contributed by atoms with Crippen LogP contribution >= 0.6 is 11.6 Å². The van der Waals surface area contributed by atoms with Gasteiger partial charge in [-0.15, -0.1) is 0 Å². The molecule has 8 heteroatoms. The molecule has 0 radical (unpaired) electrons. The Hall–Kier alpha value is -3.06. The van der Waals surface area contributed by atoms with Gasteiger partial charge in [0.05, 0.1) is 0 Å². The van der Waals surface area contributed by atoms with Crippen LogP contribution in [0.4, 0.5) is 0 Å². The van der Waals surface area contributed by atoms with Crippen LogP contribution in [0.5, 0.6) is 5.75 Å². The molecule has 3 N–H and O–H groups in total. The highest BCUT2D eigenvalue weighted by Crippen LogP contribution is 2.17. The normalized spacial score (nSPS) is 11.4. The van der Waals surface area contributed by atoms with Crippen LogP contribution in [0.25, 0.3) is 0 Å². The van der Waals surface area contributed by atoms with E-state index in [0.717, 1.165) is 5.56 Å². The highest BCUT2D eigenvalue weighted by molar-refractivity contribution is 6.32. The fourth-order valence-corrected chi connectivity index (χ4v) is 2.38. The van der Waals surface area contributed by atoms with Gasteiger partial charge < -0.3 is 20.3 Å². The minimum absolute atomic E-state index is 0.0527. The van der Waals surface area contributed by atoms with Crippen LogP contribution in [0.3, 0.4) is 0 Å². The van der Waals surface area contributed by atoms with E-state index in [1.807, 2.05) is 17.4 Å². The summed E-state index contributed by atoms with van der Waals surface area (Å²) in [4.78, 5) is 32.8. The fourth-order valence-electron chi connectivity index (χ4n) is 2.17. The van der Waals surface area contributed by atoms with Gasteiger partial charge in [-0.05, 0) is 35.4 Å². The molecule has 0 unspecified atom stereocenters. The SMILES string of the molecule is O=C(O)C(=O)N[C@H](Cc1ccc(OCc2cccc(Cl)c2)cc1)C(=O)O. The molecular formula is C18H16ClNO6. The first-order chi connectivity index (χ1) is 12.3. The summed E-state index contributed by atoms with van der Waals surface area (Å²) in [6, 6.07) is 12.5. The lowest BCUT2D eigenvalue weighted by atomic mass is 10.1. The number of carbonyl (C=O) groups excluding carboxylic acids is 1. The van der Waals surface area contributed by atoms with Crippen molar-refractivity contribution in [3.05, 3.63) is 64.7 Å². The Labute approximate surface area is 154 Å². The van der Waals surface area contributed by atoms with Crippen LogP contribution in [0, 0.1) is 0 Å². The molecule has 7 nitrogen and oxygen atoms in total. The second-order valence-corrected chi connectivity index (χ2v) is 5.87. The lowest BCUT2D eigenvalue weighted by molar-refractivity contribution is -0.152. The van der Waals surface area contributed by atoms with Crippen LogP contribution < -0.4 is 10.1 Å². The number of amides is 1. The molecule has 2 aromatic rings. The number of benzene rings is 2. The molecule has 0 saturated carbocycles. The molecular weight excluding hydrogens is 362 g/mol. The van der Waals surface area contributed by atoms with Gasteiger partial charge in [0.2, 0.25) is 0 Å². The topological polar surface area (TPSA) is 113 Å². The molecule has 0 spiro atoms. The number of carboxylic acid groups (broad SMARTS) is 2. The second-order valence-electron chi connectivity index (χ2n) is 5.44. The third kappa shape index (κ3) is 5.78. The largest absolute Gasteiger partial charge is 0.489 e. The maximum Gasteiger partial charge on any atom is 0.394 e. The van der Waals surface area contributed by atoms with Crippen molar-refractivity contribution in [2.24, 2.45) is 0 Å². The van der Waals surface area contributed by atoms with Gasteiger partial charge in [-0.3, -0.25) is 4.79 Å². The van der Waals surface area contributed by atoms with E-state index in [4.69, 9.17) is 26.6 Å². The van der Waals surface area contributed by atoms with Crippen molar-refractivity contribution in [2.45, 2.75) is 19.1 Å². The summed E-state index contributed by atoms with van der Waals surface area (Å²) in [6.07, 6.45) is -0.0527. The molecule has 0 bridgehead atoms. The Kier molecular flexibility index (Phi) is 6.57. The molecule has 2 rings (SSSR count). The summed E-state index contributed by atoms with van der Waals surface area (Å²) in [5.41, 5.74) is 1.52. The van der Waals surface area contributed by atoms with Gasteiger partial charge in [-0.1, -0.05) is 35.9 Å². The maximum absolute atomic E-state index is 11.2. The van der Waals surface area contributed by atoms with Gasteiger partial charge >= 0.3 is 17.8 Å². The third-order valence-electron chi connectivity index (χ3n) is 3.46. The zero-order valence-corrected chi connectivity index (χ0v) is 14.3. The van der Waals surface area contributed by atoms with E-state index in [9.17, 15) is 14.4 Å². The van der Waals surface area contributed by atoms with Crippen LogP contribution in [0.15, 0.2) is 48.5 Å². The molecule has 0 aliphatic carbocycles. The van der Waals surface area contributed by atoms with Crippen LogP contribution in [-0.4, -0.2) is 34.1 Å². The molecule has 0 heterocycles. The molecule has 26 heavy (non-hydrogen) atoms. The first-order valence-corrected chi connectivity index (χ1v) is 7.95. The lowest BCUT2D eigenvalue weighted by Gasteiger charge is -2.13. The van der Waals surface area contributed by atoms with E-state index in [2.05, 4.69) is 0 Å². The van der Waals surface area contributed by atoms with E-state index < -0.39 is 23.9 Å². The molecule has 0 aliphatic heterocycles. The molecule has 1 amide bonds. The monoisotopic (exact) mass is 377 g/mol. The Balaban J connectivity index is 1.95. The van der Waals surface area contributed by atoms with Gasteiger partial charge in [-0.2, -0.15) is 0 Å². The summed E-state index contributed by atoms with van der Waals surface area (Å²) >= 11 is 5.91. The number of carbonyl (C=O) groups is 3. The predicted octanol–water partition coefficient (Wildman–Crippen LogP) is 2.12. The maximum atomic E-state index is 11.2. The zero-order chi connectivity index (χ0) is 19.1. The van der Waals surface area contributed by atoms with Crippen LogP contribution in [0.2, 0.25) is 5.02 Å². The van der Waals surface area contributed by atoms with Gasteiger partial charge in [0.1, 0.15) is 18.4 Å². The van der Waals surface area contributed by atoms with Gasteiger partial charge in [-0.25, -0.2) is 9.59 Å². The lowest BCUT2D eigenvalue weighted by Crippen LogP contribution is -2.45. The van der Waals surface area contributed by atoms with Crippen LogP contribution in [-0.2, 0) is 27.4 Å². The fraction of sp³-hybridized carbons (Fsp3) is 0.167. The van der Waals surface area contributed by atoms with Crippen molar-refractivity contribution in [1.82, 2.24) is 5.32 Å². The van der Waals surface area contributed by atoms with Crippen molar-refractivity contribution in [3.8, 4) is 5.75 Å². The van der Waals surface area contributed by atoms with Crippen molar-refractivity contribution in [3.63, 3.8) is 0 Å². The van der Waals surface area contributed by atoms with Gasteiger partial charge in [0, 0.05) is 11.4 Å². The number of aliphatic carboxylic acids is 2. The second kappa shape index (κ2) is 8.87. The van der Waals surface area contributed by atoms with Gasteiger partial charge in [0.15, 0.2) is 0 Å². The summed E-state index contributed by atoms with van der Waals surface area (Å²) in [5, 5.41) is 20.2. The number of hydrogen-bond acceptors (Lipinski definition) is 4. The molecule has 2 aromatic carbocycles. The summed E-state index contributed by atoms with van der Waals surface area (Å²) < 4.78 is 5.63. The summed E-state index contributed by atoms with van der Waals surface area (Å²) in [7, 11) is 0. The minimum Gasteiger partial charge on any atom is -0.489 e. The molecule has 0 fully saturated rings. The Morgan fingerprint density at radius 1 is 1.04 bits per heavy atom. The summed E-state index contributed by atoms with van der Waals surface area (Å²) in [5.74, 6) is -3.84. The van der Waals surface area contributed by atoms with Gasteiger partial charge in [0.25, 0.3) is 0 Å². The Morgan fingerprint density at radius 2 is 1.73 bits per heavy atom. The molecule has 1 atom stereocenters. The van der Waals surface area contributed by atoms with E-state index in [1.165, 1.54) is 0 Å². The average Bonchev–Trinajstić information content (AvgIpc) is 2.60. The molecule has 0 aromatic heterocycles. The average molecular weight is 378 g/mol. The predicted molar refractivity (Wildman–Crippen MR) is 93.1 cm³/mol. The van der Waals surface area contributed by atoms with Crippen molar-refractivity contribution in [2.75, 3.05) is 0 Å². The smallest absolute Gasteiger partial charge is 0.394 e. The van der Waals surface area contributed by atoms with E-state index >= 15 is 0 Å². The highest BCUT2D eigenvalue weighted by Gasteiger charge is 2.23. The first kappa shape index (κ1) is 19.3. The number of ether oxygens (including phenoxy) is 1. The standard InChI is InChI=1S/C18H16ClNO6/c19-13-3-1-2-12(8-13)10-26-14-6-4-11(5-7-14)9-15(17(22)23)20-16(21)18(24)25/h1-8,15H,9-10H2,(H,20,21)(H,22,23)(H,24,25)/t15-/m1/s1. The Bertz CT molecular complexity index is 806. The third-order valence-corrected chi connectivity index (χ3v) is 3.69. The Morgan fingerprint density at radius 3 is 2.31 bits per heavy atom. The van der Waals surface area contributed by atoms with E-state index in [-0.39, 0.29) is 6.42 Å². The highest BCUT2D eigenvalue weighted by atomic mass is 35.5. The number of nitrogens with one attached hydrogen (secondary N) is 1. The molecule has 136 valence electrons. The van der Waals surface area contributed by atoms with Crippen molar-refractivity contribution >= 4 is 29.4 Å². The number of carboxylic acids is 2. The minimum atomic E-state index is -1.74. The van der Waals surface area contributed by atoms with Crippen molar-refractivity contribution < 1.29 is 29.3 Å². The number of rotatable bonds is 7. The molecule has 0 aliphatic rings. The number of halogens is 1. The van der Waals surface area contributed by atoms with Crippen LogP contribution in [0.1, 0.15) is 11.1 Å². The first-order valence-electron chi connectivity index (χ1n) is 7.58. The molecule has 0 saturated heterocycles.